The summed E-state index contributed by atoms with van der Waals surface area (Å²) in [6, 6.07) is 8.30. The van der Waals surface area contributed by atoms with E-state index in [4.69, 9.17) is 0 Å². The van der Waals surface area contributed by atoms with Gasteiger partial charge in [0.1, 0.15) is 11.1 Å². The maximum atomic E-state index is 12.9. The van der Waals surface area contributed by atoms with Gasteiger partial charge in [0.2, 0.25) is 10.0 Å². The molecule has 0 radical (unpaired) electrons. The SMILES string of the molecule is CC1CCN(S(=O)(=O)c2ccc(C(=O)Nc3sc4c(c3C#N)CCCC4)cc2)CC1. The molecule has 0 bridgehead atoms. The Hall–Kier alpha value is -2.21. The molecule has 0 unspecified atom stereocenters. The average molecular weight is 444 g/mol. The average Bonchev–Trinajstić information content (AvgIpc) is 3.11. The highest BCUT2D eigenvalue weighted by Gasteiger charge is 2.28. The van der Waals surface area contributed by atoms with Crippen LogP contribution in [0.25, 0.3) is 0 Å². The highest BCUT2D eigenvalue weighted by atomic mass is 32.2. The van der Waals surface area contributed by atoms with Crippen molar-refractivity contribution in [3.8, 4) is 6.07 Å². The number of amides is 1. The minimum atomic E-state index is -3.54. The summed E-state index contributed by atoms with van der Waals surface area (Å²) < 4.78 is 27.2. The molecule has 158 valence electrons. The third-order valence-electron chi connectivity index (χ3n) is 6.01. The maximum absolute atomic E-state index is 12.9. The number of hydrogen-bond donors (Lipinski definition) is 1. The number of anilines is 1. The van der Waals surface area contributed by atoms with Crippen molar-refractivity contribution in [2.45, 2.75) is 50.3 Å². The lowest BCUT2D eigenvalue weighted by Gasteiger charge is -2.29. The molecule has 6 nitrogen and oxygen atoms in total. The standard InChI is InChI=1S/C22H25N3O3S2/c1-15-10-12-25(13-11-15)30(27,28)17-8-6-16(7-9-17)21(26)24-22-19(14-23)18-4-2-3-5-20(18)29-22/h6-9,15H,2-5,10-13H2,1H3,(H,24,26). The number of carbonyl (C=O) groups is 1. The summed E-state index contributed by atoms with van der Waals surface area (Å²) in [6.07, 6.45) is 5.74. The molecule has 1 aromatic heterocycles. The first kappa shape index (κ1) is 21.0. The smallest absolute Gasteiger partial charge is 0.256 e. The van der Waals surface area contributed by atoms with Crippen LogP contribution in [0.15, 0.2) is 29.2 Å². The first-order valence-corrected chi connectivity index (χ1v) is 12.6. The second-order valence-electron chi connectivity index (χ2n) is 8.09. The molecule has 1 aromatic carbocycles. The summed E-state index contributed by atoms with van der Waals surface area (Å²) in [6.45, 7) is 3.20. The van der Waals surface area contributed by atoms with Crippen molar-refractivity contribution in [3.05, 3.63) is 45.8 Å². The lowest BCUT2D eigenvalue weighted by molar-refractivity contribution is 0.102. The van der Waals surface area contributed by atoms with Gasteiger partial charge in [-0.3, -0.25) is 4.79 Å². The number of piperidine rings is 1. The number of benzene rings is 1. The molecule has 1 N–H and O–H groups in total. The topological polar surface area (TPSA) is 90.3 Å². The van der Waals surface area contributed by atoms with Crippen molar-refractivity contribution in [2.24, 2.45) is 5.92 Å². The number of fused-ring (bicyclic) bond motifs is 1. The monoisotopic (exact) mass is 443 g/mol. The van der Waals surface area contributed by atoms with E-state index in [9.17, 15) is 18.5 Å². The molecule has 1 saturated heterocycles. The normalized spacial score (nSPS) is 17.9. The van der Waals surface area contributed by atoms with Gasteiger partial charge in [-0.25, -0.2) is 8.42 Å². The molecule has 1 aliphatic heterocycles. The van der Waals surface area contributed by atoms with Crippen molar-refractivity contribution >= 4 is 32.3 Å². The van der Waals surface area contributed by atoms with E-state index >= 15 is 0 Å². The van der Waals surface area contributed by atoms with Crippen molar-refractivity contribution < 1.29 is 13.2 Å². The molecule has 1 fully saturated rings. The fraction of sp³-hybridized carbons (Fsp3) is 0.455. The van der Waals surface area contributed by atoms with E-state index < -0.39 is 10.0 Å². The van der Waals surface area contributed by atoms with Gasteiger partial charge < -0.3 is 5.32 Å². The number of rotatable bonds is 4. The maximum Gasteiger partial charge on any atom is 0.256 e. The zero-order valence-electron chi connectivity index (χ0n) is 17.0. The van der Waals surface area contributed by atoms with E-state index in [0.717, 1.165) is 44.1 Å². The summed E-state index contributed by atoms with van der Waals surface area (Å²) in [5.41, 5.74) is 2.01. The lowest BCUT2D eigenvalue weighted by Crippen LogP contribution is -2.37. The van der Waals surface area contributed by atoms with Crippen LogP contribution in [0.4, 0.5) is 5.00 Å². The molecule has 0 spiro atoms. The van der Waals surface area contributed by atoms with E-state index in [1.165, 1.54) is 44.8 Å². The van der Waals surface area contributed by atoms with Crippen molar-refractivity contribution in [2.75, 3.05) is 18.4 Å². The van der Waals surface area contributed by atoms with Crippen molar-refractivity contribution in [3.63, 3.8) is 0 Å². The van der Waals surface area contributed by atoms with Crippen LogP contribution >= 0.6 is 11.3 Å². The summed E-state index contributed by atoms with van der Waals surface area (Å²) in [4.78, 5) is 14.1. The summed E-state index contributed by atoms with van der Waals surface area (Å²) in [5, 5.41) is 13.0. The zero-order chi connectivity index (χ0) is 21.3. The van der Waals surface area contributed by atoms with Gasteiger partial charge in [-0.1, -0.05) is 6.92 Å². The molecule has 0 saturated carbocycles. The molecule has 1 aliphatic carbocycles. The van der Waals surface area contributed by atoms with Crippen LogP contribution < -0.4 is 5.32 Å². The van der Waals surface area contributed by atoms with E-state index in [-0.39, 0.29) is 10.8 Å². The Morgan fingerprint density at radius 1 is 1.17 bits per heavy atom. The first-order valence-electron chi connectivity index (χ1n) is 10.4. The Bertz CT molecular complexity index is 1090. The Balaban J connectivity index is 1.50. The van der Waals surface area contributed by atoms with Crippen LogP contribution in [0.2, 0.25) is 0 Å². The largest absolute Gasteiger partial charge is 0.312 e. The molecule has 2 aliphatic rings. The number of hydrogen-bond acceptors (Lipinski definition) is 5. The van der Waals surface area contributed by atoms with Gasteiger partial charge >= 0.3 is 0 Å². The van der Waals surface area contributed by atoms with Crippen LogP contribution in [0.5, 0.6) is 0 Å². The number of nitrogens with zero attached hydrogens (tertiary/aromatic N) is 2. The molecule has 30 heavy (non-hydrogen) atoms. The van der Waals surface area contributed by atoms with E-state index in [1.807, 2.05) is 0 Å². The van der Waals surface area contributed by atoms with Gasteiger partial charge in [0.25, 0.3) is 5.91 Å². The molecule has 1 amide bonds. The van der Waals surface area contributed by atoms with Gasteiger partial charge in [0.15, 0.2) is 0 Å². The molecular formula is C22H25N3O3S2. The van der Waals surface area contributed by atoms with Gasteiger partial charge in [-0.15, -0.1) is 11.3 Å². The number of nitrogens with one attached hydrogen (secondary N) is 1. The van der Waals surface area contributed by atoms with Crippen molar-refractivity contribution in [1.82, 2.24) is 4.31 Å². The Kier molecular flexibility index (Phi) is 5.96. The summed E-state index contributed by atoms with van der Waals surface area (Å²) in [7, 11) is -3.54. The minimum Gasteiger partial charge on any atom is -0.312 e. The third-order valence-corrected chi connectivity index (χ3v) is 9.13. The molecule has 2 heterocycles. The minimum absolute atomic E-state index is 0.206. The number of nitriles is 1. The molecule has 0 atom stereocenters. The quantitative estimate of drug-likeness (QED) is 0.768. The number of carbonyl (C=O) groups excluding carboxylic acids is 1. The predicted molar refractivity (Wildman–Crippen MR) is 117 cm³/mol. The molecule has 8 heteroatoms. The second kappa shape index (κ2) is 8.50. The number of sulfonamides is 1. The lowest BCUT2D eigenvalue weighted by atomic mass is 9.96. The first-order chi connectivity index (χ1) is 14.4. The van der Waals surface area contributed by atoms with Crippen LogP contribution in [0, 0.1) is 17.2 Å². The van der Waals surface area contributed by atoms with E-state index in [0.29, 0.717) is 35.1 Å². The molecular weight excluding hydrogens is 418 g/mol. The van der Waals surface area contributed by atoms with E-state index in [1.54, 1.807) is 0 Å². The molecule has 2 aromatic rings. The van der Waals surface area contributed by atoms with Gasteiger partial charge in [-0.2, -0.15) is 9.57 Å². The fourth-order valence-corrected chi connectivity index (χ4v) is 6.80. The van der Waals surface area contributed by atoms with Crippen LogP contribution in [0.3, 0.4) is 0 Å². The Labute approximate surface area is 181 Å². The van der Waals surface area contributed by atoms with Crippen LogP contribution in [0.1, 0.15) is 59.0 Å². The van der Waals surface area contributed by atoms with Gasteiger partial charge in [-0.05, 0) is 74.3 Å². The predicted octanol–water partition coefficient (Wildman–Crippen LogP) is 4.17. The second-order valence-corrected chi connectivity index (χ2v) is 11.1. The summed E-state index contributed by atoms with van der Waals surface area (Å²) >= 11 is 1.48. The zero-order valence-corrected chi connectivity index (χ0v) is 18.6. The van der Waals surface area contributed by atoms with Crippen molar-refractivity contribution in [1.29, 1.82) is 5.26 Å². The van der Waals surface area contributed by atoms with Crippen LogP contribution in [-0.2, 0) is 22.9 Å². The third kappa shape index (κ3) is 4.02. The van der Waals surface area contributed by atoms with E-state index in [2.05, 4.69) is 18.3 Å². The Morgan fingerprint density at radius 2 is 1.83 bits per heavy atom. The fourth-order valence-electron chi connectivity index (χ4n) is 4.10. The Morgan fingerprint density at radius 3 is 2.50 bits per heavy atom. The highest BCUT2D eigenvalue weighted by molar-refractivity contribution is 7.89. The van der Waals surface area contributed by atoms with Gasteiger partial charge in [0.05, 0.1) is 10.5 Å². The van der Waals surface area contributed by atoms with Gasteiger partial charge in [0, 0.05) is 23.5 Å². The molecule has 4 rings (SSSR count). The number of thiophene rings is 1. The summed E-state index contributed by atoms with van der Waals surface area (Å²) in [5.74, 6) is 0.213. The van der Waals surface area contributed by atoms with Crippen LogP contribution in [-0.4, -0.2) is 31.7 Å². The highest BCUT2D eigenvalue weighted by Crippen LogP contribution is 2.37. The number of aryl methyl sites for hydroxylation is 1.